The number of rotatable bonds is 4. The fourth-order valence-corrected chi connectivity index (χ4v) is 2.60. The molecular formula is C15H18N4O. The fourth-order valence-electron chi connectivity index (χ4n) is 2.60. The first kappa shape index (κ1) is 12.9. The molecule has 0 bridgehead atoms. The Morgan fingerprint density at radius 3 is 3.00 bits per heavy atom. The molecule has 0 saturated carbocycles. The number of hydrogen-bond donors (Lipinski definition) is 1. The average Bonchev–Trinajstić information content (AvgIpc) is 3.08. The molecule has 1 amide bonds. The number of anilines is 1. The molecular weight excluding hydrogens is 252 g/mol. The van der Waals surface area contributed by atoms with Gasteiger partial charge in [0, 0.05) is 37.6 Å². The molecule has 2 aromatic rings. The number of aromatic nitrogens is 2. The molecule has 1 atom stereocenters. The Kier molecular flexibility index (Phi) is 3.52. The lowest BCUT2D eigenvalue weighted by molar-refractivity contribution is -0.117. The van der Waals surface area contributed by atoms with Crippen molar-refractivity contribution >= 4 is 11.6 Å². The molecule has 5 heteroatoms. The number of amides is 1. The summed E-state index contributed by atoms with van der Waals surface area (Å²) in [7, 11) is 0. The van der Waals surface area contributed by atoms with Crippen LogP contribution in [0.2, 0.25) is 0 Å². The molecule has 0 radical (unpaired) electrons. The summed E-state index contributed by atoms with van der Waals surface area (Å²) >= 11 is 0. The molecule has 1 aromatic heterocycles. The summed E-state index contributed by atoms with van der Waals surface area (Å²) in [6, 6.07) is 8.10. The zero-order valence-corrected chi connectivity index (χ0v) is 11.3. The van der Waals surface area contributed by atoms with E-state index in [9.17, 15) is 4.79 Å². The maximum Gasteiger partial charge on any atom is 0.227 e. The molecule has 0 spiro atoms. The Balaban J connectivity index is 1.79. The highest BCUT2D eigenvalue weighted by Crippen LogP contribution is 2.25. The van der Waals surface area contributed by atoms with Crippen LogP contribution >= 0.6 is 0 Å². The highest BCUT2D eigenvalue weighted by Gasteiger charge is 2.29. The Hall–Kier alpha value is -2.14. The molecule has 1 saturated heterocycles. The first-order valence-electron chi connectivity index (χ1n) is 6.81. The molecule has 1 aromatic carbocycles. The number of benzene rings is 1. The van der Waals surface area contributed by atoms with Crippen LogP contribution in [0.4, 0.5) is 5.69 Å². The van der Waals surface area contributed by atoms with Crippen LogP contribution in [-0.2, 0) is 11.3 Å². The number of carbonyl (C=O) groups excluding carboxylic acids is 1. The van der Waals surface area contributed by atoms with Crippen LogP contribution in [0.25, 0.3) is 0 Å². The van der Waals surface area contributed by atoms with Crippen LogP contribution in [0.1, 0.15) is 12.0 Å². The molecule has 2 N–H and O–H groups in total. The topological polar surface area (TPSA) is 64.2 Å². The van der Waals surface area contributed by atoms with Gasteiger partial charge in [0.05, 0.1) is 6.33 Å². The quantitative estimate of drug-likeness (QED) is 0.909. The van der Waals surface area contributed by atoms with E-state index in [4.69, 9.17) is 5.73 Å². The van der Waals surface area contributed by atoms with Crippen LogP contribution in [0.5, 0.6) is 0 Å². The molecule has 1 aliphatic rings. The normalized spacial score (nSPS) is 18.8. The summed E-state index contributed by atoms with van der Waals surface area (Å²) in [4.78, 5) is 17.9. The standard InChI is InChI=1S/C15H18N4O/c16-8-13-7-15(20)19(10-13)14-3-1-2-12(6-14)9-18-5-4-17-11-18/h1-6,11,13H,7-10,16H2. The van der Waals surface area contributed by atoms with Crippen molar-refractivity contribution in [2.45, 2.75) is 13.0 Å². The second-order valence-corrected chi connectivity index (χ2v) is 5.22. The molecule has 20 heavy (non-hydrogen) atoms. The van der Waals surface area contributed by atoms with Crippen molar-refractivity contribution in [3.8, 4) is 0 Å². The average molecular weight is 270 g/mol. The summed E-state index contributed by atoms with van der Waals surface area (Å²) in [5.41, 5.74) is 7.79. The van der Waals surface area contributed by atoms with Crippen molar-refractivity contribution in [1.82, 2.24) is 9.55 Å². The monoisotopic (exact) mass is 270 g/mol. The van der Waals surface area contributed by atoms with Crippen LogP contribution < -0.4 is 10.6 Å². The van der Waals surface area contributed by atoms with Gasteiger partial charge in [-0.15, -0.1) is 0 Å². The third-order valence-electron chi connectivity index (χ3n) is 3.69. The highest BCUT2D eigenvalue weighted by atomic mass is 16.2. The SMILES string of the molecule is NCC1CC(=O)N(c2cccc(Cn3ccnc3)c2)C1. The molecule has 5 nitrogen and oxygen atoms in total. The first-order chi connectivity index (χ1) is 9.76. The smallest absolute Gasteiger partial charge is 0.227 e. The summed E-state index contributed by atoms with van der Waals surface area (Å²) in [5.74, 6) is 0.444. The minimum absolute atomic E-state index is 0.167. The lowest BCUT2D eigenvalue weighted by Crippen LogP contribution is -2.25. The second kappa shape index (κ2) is 5.46. The predicted molar refractivity (Wildman–Crippen MR) is 77.3 cm³/mol. The van der Waals surface area contributed by atoms with E-state index in [0.717, 1.165) is 24.3 Å². The lowest BCUT2D eigenvalue weighted by Gasteiger charge is -2.17. The van der Waals surface area contributed by atoms with E-state index in [0.29, 0.717) is 13.0 Å². The Morgan fingerprint density at radius 1 is 1.40 bits per heavy atom. The number of imidazole rings is 1. The highest BCUT2D eigenvalue weighted by molar-refractivity contribution is 5.95. The molecule has 104 valence electrons. The van der Waals surface area contributed by atoms with Crippen molar-refractivity contribution in [1.29, 1.82) is 0 Å². The zero-order chi connectivity index (χ0) is 13.9. The Bertz CT molecular complexity index is 594. The van der Waals surface area contributed by atoms with Gasteiger partial charge in [-0.3, -0.25) is 4.79 Å². The molecule has 2 heterocycles. The van der Waals surface area contributed by atoms with E-state index in [1.807, 2.05) is 27.8 Å². The number of hydrogen-bond acceptors (Lipinski definition) is 3. The van der Waals surface area contributed by atoms with Gasteiger partial charge in [0.1, 0.15) is 0 Å². The maximum atomic E-state index is 12.0. The second-order valence-electron chi connectivity index (χ2n) is 5.22. The molecule has 3 rings (SSSR count). The van der Waals surface area contributed by atoms with Crippen molar-refractivity contribution in [2.24, 2.45) is 11.7 Å². The lowest BCUT2D eigenvalue weighted by atomic mass is 10.1. The van der Waals surface area contributed by atoms with Crippen molar-refractivity contribution in [3.05, 3.63) is 48.5 Å². The molecule has 1 fully saturated rings. The minimum atomic E-state index is 0.167. The van der Waals surface area contributed by atoms with E-state index < -0.39 is 0 Å². The van der Waals surface area contributed by atoms with Crippen molar-refractivity contribution < 1.29 is 4.79 Å². The van der Waals surface area contributed by atoms with Gasteiger partial charge >= 0.3 is 0 Å². The summed E-state index contributed by atoms with van der Waals surface area (Å²) in [5, 5.41) is 0. The summed E-state index contributed by atoms with van der Waals surface area (Å²) in [6.07, 6.45) is 6.04. The van der Waals surface area contributed by atoms with Gasteiger partial charge in [-0.25, -0.2) is 4.98 Å². The predicted octanol–water partition coefficient (Wildman–Crippen LogP) is 1.24. The molecule has 1 unspecified atom stereocenters. The van der Waals surface area contributed by atoms with E-state index in [2.05, 4.69) is 17.1 Å². The molecule has 0 aliphatic carbocycles. The van der Waals surface area contributed by atoms with Gasteiger partial charge in [-0.2, -0.15) is 0 Å². The Labute approximate surface area is 118 Å². The van der Waals surface area contributed by atoms with Crippen LogP contribution in [0.3, 0.4) is 0 Å². The summed E-state index contributed by atoms with van der Waals surface area (Å²) in [6.45, 7) is 2.05. The third kappa shape index (κ3) is 2.58. The number of nitrogens with two attached hydrogens (primary N) is 1. The largest absolute Gasteiger partial charge is 0.333 e. The van der Waals surface area contributed by atoms with E-state index >= 15 is 0 Å². The van der Waals surface area contributed by atoms with Crippen molar-refractivity contribution in [2.75, 3.05) is 18.0 Å². The maximum absolute atomic E-state index is 12.0. The number of carbonyl (C=O) groups is 1. The van der Waals surface area contributed by atoms with Crippen LogP contribution in [0.15, 0.2) is 43.0 Å². The Morgan fingerprint density at radius 2 is 2.30 bits per heavy atom. The van der Waals surface area contributed by atoms with Gasteiger partial charge in [0.2, 0.25) is 5.91 Å². The first-order valence-corrected chi connectivity index (χ1v) is 6.81. The fraction of sp³-hybridized carbons (Fsp3) is 0.333. The van der Waals surface area contributed by atoms with E-state index in [-0.39, 0.29) is 11.8 Å². The van der Waals surface area contributed by atoms with Gasteiger partial charge < -0.3 is 15.2 Å². The van der Waals surface area contributed by atoms with Gasteiger partial charge in [-0.1, -0.05) is 12.1 Å². The third-order valence-corrected chi connectivity index (χ3v) is 3.69. The van der Waals surface area contributed by atoms with Crippen LogP contribution in [-0.4, -0.2) is 28.5 Å². The number of nitrogens with zero attached hydrogens (tertiary/aromatic N) is 3. The van der Waals surface area contributed by atoms with Gasteiger partial charge in [0.25, 0.3) is 0 Å². The summed E-state index contributed by atoms with van der Waals surface area (Å²) < 4.78 is 2.01. The van der Waals surface area contributed by atoms with Crippen molar-refractivity contribution in [3.63, 3.8) is 0 Å². The van der Waals surface area contributed by atoms with Gasteiger partial charge in [0.15, 0.2) is 0 Å². The zero-order valence-electron chi connectivity index (χ0n) is 11.3. The minimum Gasteiger partial charge on any atom is -0.333 e. The molecule has 1 aliphatic heterocycles. The van der Waals surface area contributed by atoms with E-state index in [1.165, 1.54) is 0 Å². The van der Waals surface area contributed by atoms with Crippen LogP contribution in [0, 0.1) is 5.92 Å². The van der Waals surface area contributed by atoms with Gasteiger partial charge in [-0.05, 0) is 30.2 Å². The van der Waals surface area contributed by atoms with E-state index in [1.54, 1.807) is 12.5 Å².